The van der Waals surface area contributed by atoms with Gasteiger partial charge in [0.1, 0.15) is 0 Å². The molecule has 2 rings (SSSR count). The van der Waals surface area contributed by atoms with Crippen molar-refractivity contribution in [3.05, 3.63) is 0 Å². The first-order chi connectivity index (χ1) is 8.41. The van der Waals surface area contributed by atoms with Crippen LogP contribution in [-0.2, 0) is 0 Å². The van der Waals surface area contributed by atoms with Crippen molar-refractivity contribution in [1.82, 2.24) is 4.90 Å². The summed E-state index contributed by atoms with van der Waals surface area (Å²) in [5, 5.41) is 10.2. The maximum Gasteiger partial charge on any atom is 0.0715 e. The zero-order valence-corrected chi connectivity index (χ0v) is 12.5. The molecule has 1 unspecified atom stereocenters. The van der Waals surface area contributed by atoms with E-state index in [9.17, 15) is 5.11 Å². The highest BCUT2D eigenvalue weighted by atomic mass is 16.3. The van der Waals surface area contributed by atoms with Crippen LogP contribution in [0, 0.1) is 10.8 Å². The van der Waals surface area contributed by atoms with E-state index >= 15 is 0 Å². The first-order valence-electron chi connectivity index (χ1n) is 7.82. The van der Waals surface area contributed by atoms with E-state index in [4.69, 9.17) is 0 Å². The highest BCUT2D eigenvalue weighted by molar-refractivity contribution is 4.89. The van der Waals surface area contributed by atoms with Crippen molar-refractivity contribution in [1.29, 1.82) is 0 Å². The fourth-order valence-electron chi connectivity index (χ4n) is 3.53. The maximum atomic E-state index is 10.2. The van der Waals surface area contributed by atoms with Crippen LogP contribution in [0.5, 0.6) is 0 Å². The van der Waals surface area contributed by atoms with Gasteiger partial charge in [0.05, 0.1) is 6.10 Å². The molecular formula is C16H31NO. The summed E-state index contributed by atoms with van der Waals surface area (Å²) >= 11 is 0. The zero-order valence-electron chi connectivity index (χ0n) is 12.5. The molecule has 1 N–H and O–H groups in total. The predicted octanol–water partition coefficient (Wildman–Crippen LogP) is 3.44. The number of β-amino-alcohol motifs (C(OH)–C–C–N with tert-alkyl or cyclic N) is 1. The maximum absolute atomic E-state index is 10.2. The molecule has 18 heavy (non-hydrogen) atoms. The van der Waals surface area contributed by atoms with Gasteiger partial charge in [0.25, 0.3) is 0 Å². The van der Waals surface area contributed by atoms with Crippen molar-refractivity contribution in [3.8, 4) is 0 Å². The molecule has 2 aliphatic rings. The fraction of sp³-hybridized carbons (Fsp3) is 1.00. The Morgan fingerprint density at radius 3 is 2.06 bits per heavy atom. The molecule has 1 aliphatic heterocycles. The predicted molar refractivity (Wildman–Crippen MR) is 76.7 cm³/mol. The van der Waals surface area contributed by atoms with Crippen molar-refractivity contribution >= 4 is 0 Å². The summed E-state index contributed by atoms with van der Waals surface area (Å²) in [7, 11) is 0. The number of hydrogen-bond acceptors (Lipinski definition) is 2. The fourth-order valence-corrected chi connectivity index (χ4v) is 3.53. The summed E-state index contributed by atoms with van der Waals surface area (Å²) in [5.41, 5.74) is 0.696. The molecule has 1 saturated heterocycles. The topological polar surface area (TPSA) is 23.5 Å². The molecule has 2 nitrogen and oxygen atoms in total. The summed E-state index contributed by atoms with van der Waals surface area (Å²) in [6.07, 6.45) is 9.81. The van der Waals surface area contributed by atoms with E-state index in [0.29, 0.717) is 5.41 Å². The van der Waals surface area contributed by atoms with E-state index in [1.54, 1.807) is 0 Å². The SMILES string of the molecule is CC(C)(C)C(O)CN1CCC2(CCCCC2)CC1. The molecule has 0 aromatic carbocycles. The first-order valence-corrected chi connectivity index (χ1v) is 7.82. The van der Waals surface area contributed by atoms with E-state index < -0.39 is 0 Å². The highest BCUT2D eigenvalue weighted by Gasteiger charge is 2.36. The van der Waals surface area contributed by atoms with Gasteiger partial charge >= 0.3 is 0 Å². The van der Waals surface area contributed by atoms with Crippen LogP contribution < -0.4 is 0 Å². The monoisotopic (exact) mass is 253 g/mol. The smallest absolute Gasteiger partial charge is 0.0715 e. The summed E-state index contributed by atoms with van der Waals surface area (Å²) in [6, 6.07) is 0. The van der Waals surface area contributed by atoms with Crippen LogP contribution in [0.3, 0.4) is 0 Å². The van der Waals surface area contributed by atoms with E-state index in [0.717, 1.165) is 6.54 Å². The number of nitrogens with zero attached hydrogens (tertiary/aromatic N) is 1. The summed E-state index contributed by atoms with van der Waals surface area (Å²) in [5.74, 6) is 0. The van der Waals surface area contributed by atoms with Gasteiger partial charge in [0.15, 0.2) is 0 Å². The van der Waals surface area contributed by atoms with Crippen LogP contribution in [-0.4, -0.2) is 35.7 Å². The number of rotatable bonds is 2. The first kappa shape index (κ1) is 14.3. The molecule has 106 valence electrons. The summed E-state index contributed by atoms with van der Waals surface area (Å²) < 4.78 is 0. The van der Waals surface area contributed by atoms with Crippen LogP contribution in [0.4, 0.5) is 0 Å². The molecule has 0 aromatic heterocycles. The zero-order chi connectivity index (χ0) is 13.2. The lowest BCUT2D eigenvalue weighted by atomic mass is 9.68. The van der Waals surface area contributed by atoms with E-state index in [-0.39, 0.29) is 11.5 Å². The van der Waals surface area contributed by atoms with Gasteiger partial charge in [0, 0.05) is 6.54 Å². The third-order valence-electron chi connectivity index (χ3n) is 5.26. The molecule has 0 aromatic rings. The van der Waals surface area contributed by atoms with Crippen molar-refractivity contribution in [2.45, 2.75) is 71.8 Å². The number of piperidine rings is 1. The summed E-state index contributed by atoms with van der Waals surface area (Å²) in [6.45, 7) is 9.65. The average molecular weight is 253 g/mol. The standard InChI is InChI=1S/C16H31NO/c1-15(2,3)14(18)13-17-11-9-16(10-12-17)7-5-4-6-8-16/h14,18H,4-13H2,1-3H3. The van der Waals surface area contributed by atoms with Gasteiger partial charge in [-0.2, -0.15) is 0 Å². The van der Waals surface area contributed by atoms with Gasteiger partial charge < -0.3 is 10.0 Å². The average Bonchev–Trinajstić information content (AvgIpc) is 2.32. The molecule has 2 heteroatoms. The number of hydrogen-bond donors (Lipinski definition) is 1. The van der Waals surface area contributed by atoms with Gasteiger partial charge in [-0.05, 0) is 49.6 Å². The molecular weight excluding hydrogens is 222 g/mol. The Kier molecular flexibility index (Phi) is 4.38. The molecule has 0 radical (unpaired) electrons. The van der Waals surface area contributed by atoms with Gasteiger partial charge in [-0.25, -0.2) is 0 Å². The molecule has 1 spiro atoms. The molecule has 2 fully saturated rings. The number of likely N-dealkylation sites (tertiary alicyclic amines) is 1. The molecule has 0 amide bonds. The van der Waals surface area contributed by atoms with E-state index in [1.807, 2.05) is 0 Å². The Balaban J connectivity index is 1.79. The third-order valence-corrected chi connectivity index (χ3v) is 5.26. The lowest BCUT2D eigenvalue weighted by Crippen LogP contribution is -2.46. The minimum Gasteiger partial charge on any atom is -0.391 e. The Hall–Kier alpha value is -0.0800. The van der Waals surface area contributed by atoms with E-state index in [2.05, 4.69) is 25.7 Å². The highest BCUT2D eigenvalue weighted by Crippen LogP contribution is 2.44. The van der Waals surface area contributed by atoms with Gasteiger partial charge in [-0.3, -0.25) is 0 Å². The molecule has 1 aliphatic carbocycles. The Morgan fingerprint density at radius 1 is 1.00 bits per heavy atom. The largest absolute Gasteiger partial charge is 0.391 e. The molecule has 0 bridgehead atoms. The van der Waals surface area contributed by atoms with Crippen molar-refractivity contribution in [2.24, 2.45) is 10.8 Å². The van der Waals surface area contributed by atoms with Crippen LogP contribution in [0.1, 0.15) is 65.7 Å². The second-order valence-corrected chi connectivity index (χ2v) is 7.74. The van der Waals surface area contributed by atoms with Crippen molar-refractivity contribution in [3.63, 3.8) is 0 Å². The number of aliphatic hydroxyl groups excluding tert-OH is 1. The normalized spacial score (nSPS) is 27.3. The van der Waals surface area contributed by atoms with Gasteiger partial charge in [-0.15, -0.1) is 0 Å². The van der Waals surface area contributed by atoms with Crippen LogP contribution in [0.2, 0.25) is 0 Å². The molecule has 1 saturated carbocycles. The molecule has 1 atom stereocenters. The van der Waals surface area contributed by atoms with Gasteiger partial charge in [-0.1, -0.05) is 40.0 Å². The Bertz CT molecular complexity index is 253. The lowest BCUT2D eigenvalue weighted by molar-refractivity contribution is -0.000418. The van der Waals surface area contributed by atoms with Crippen LogP contribution in [0.25, 0.3) is 0 Å². The molecule has 1 heterocycles. The van der Waals surface area contributed by atoms with Crippen LogP contribution in [0.15, 0.2) is 0 Å². The van der Waals surface area contributed by atoms with E-state index in [1.165, 1.54) is 58.0 Å². The quantitative estimate of drug-likeness (QED) is 0.815. The Morgan fingerprint density at radius 2 is 1.56 bits per heavy atom. The third kappa shape index (κ3) is 3.48. The second kappa shape index (κ2) is 5.50. The minimum absolute atomic E-state index is 0.0139. The summed E-state index contributed by atoms with van der Waals surface area (Å²) in [4.78, 5) is 2.48. The van der Waals surface area contributed by atoms with Crippen molar-refractivity contribution in [2.75, 3.05) is 19.6 Å². The number of aliphatic hydroxyl groups is 1. The minimum atomic E-state index is -0.196. The lowest BCUT2D eigenvalue weighted by Gasteiger charge is -2.45. The Labute approximate surface area is 113 Å². The van der Waals surface area contributed by atoms with Gasteiger partial charge in [0.2, 0.25) is 0 Å². The van der Waals surface area contributed by atoms with Crippen molar-refractivity contribution < 1.29 is 5.11 Å². The second-order valence-electron chi connectivity index (χ2n) is 7.74. The van der Waals surface area contributed by atoms with Crippen LogP contribution >= 0.6 is 0 Å².